The molecule has 20 nitrogen and oxygen atoms in total. The highest BCUT2D eigenvalue weighted by Crippen LogP contribution is 2.35. The minimum absolute atomic E-state index is 0.233. The van der Waals surface area contributed by atoms with Crippen molar-refractivity contribution in [3.63, 3.8) is 0 Å². The first-order valence-corrected chi connectivity index (χ1v) is 22.8. The molecule has 12 rings (SSSR count). The molecule has 342 valence electrons. The third kappa shape index (κ3) is 9.11. The number of nitrogens with two attached hydrogens (primary N) is 1. The molecular formula is C46H50N18O2S. The molecule has 6 N–H and O–H groups in total. The lowest BCUT2D eigenvalue weighted by molar-refractivity contribution is 0.376. The van der Waals surface area contributed by atoms with Gasteiger partial charge in [-0.25, -0.2) is 24.9 Å². The average Bonchev–Trinajstić information content (AvgIpc) is 4.21. The monoisotopic (exact) mass is 918 g/mol. The van der Waals surface area contributed by atoms with Gasteiger partial charge in [0.25, 0.3) is 5.88 Å². The molecule has 1 unspecified atom stereocenters. The molecule has 67 heavy (non-hydrogen) atoms. The number of fused-ring (bicyclic) bond motifs is 4. The summed E-state index contributed by atoms with van der Waals surface area (Å²) < 4.78 is 18.8. The van der Waals surface area contributed by atoms with E-state index in [0.29, 0.717) is 23.3 Å². The van der Waals surface area contributed by atoms with Crippen LogP contribution < -0.4 is 26.6 Å². The van der Waals surface area contributed by atoms with Crippen molar-refractivity contribution in [2.24, 2.45) is 19.8 Å². The van der Waals surface area contributed by atoms with Gasteiger partial charge < -0.3 is 21.1 Å². The van der Waals surface area contributed by atoms with E-state index in [0.717, 1.165) is 80.4 Å². The highest BCUT2D eigenvalue weighted by Gasteiger charge is 2.22. The molecule has 0 bridgehead atoms. The molecule has 0 aliphatic heterocycles. The van der Waals surface area contributed by atoms with Gasteiger partial charge in [0, 0.05) is 86.2 Å². The summed E-state index contributed by atoms with van der Waals surface area (Å²) in [7, 11) is 5.33. The van der Waals surface area contributed by atoms with Crippen molar-refractivity contribution in [1.82, 2.24) is 67.0 Å². The van der Waals surface area contributed by atoms with Crippen LogP contribution in [-0.4, -0.2) is 85.4 Å². The molecule has 21 heteroatoms. The van der Waals surface area contributed by atoms with Gasteiger partial charge in [0.05, 0.1) is 60.9 Å². The molecule has 1 fully saturated rings. The van der Waals surface area contributed by atoms with Crippen LogP contribution in [0.25, 0.3) is 39.5 Å². The smallest absolute Gasteiger partial charge is 0.260 e. The van der Waals surface area contributed by atoms with Crippen molar-refractivity contribution in [1.29, 1.82) is 0 Å². The summed E-state index contributed by atoms with van der Waals surface area (Å²) in [4.78, 5) is 26.7. The summed E-state index contributed by atoms with van der Waals surface area (Å²) in [6.07, 6.45) is 30.5. The van der Waals surface area contributed by atoms with Crippen LogP contribution in [0.15, 0.2) is 98.6 Å². The predicted molar refractivity (Wildman–Crippen MR) is 256 cm³/mol. The molecule has 2 aliphatic carbocycles. The van der Waals surface area contributed by atoms with E-state index in [2.05, 4.69) is 78.9 Å². The summed E-state index contributed by atoms with van der Waals surface area (Å²) in [6, 6.07) is 8.67. The lowest BCUT2D eigenvalue weighted by Gasteiger charge is -2.22. The number of imidazole rings is 3. The number of methoxy groups -OCH3 is 1. The standard InChI is InChI=1S/C20H23N7S.C19H19N7.C7H8N4O2/c1-13-8-18(28-25-13)24-19-20-21-10-17(15-9-22-26(2)11-15)27(20)12-16(23-19)14-6-4-3-5-7-14;1-25-11-14(9-23-25)17-10-22-19-18(21-4-5-26(17)19)24-16-3-2-12-6-15(20)7-13(12)8-16;1-13-7-6-8-2-3-11(6)4-5(9-7)10-12/h8-12,14H,3-7H2,1-2H3,(H,23,24);2-5,8-11,15H,6-7,20H2,1H3,(H,21,24);2-4,10,12H,1H3. The number of aromatic nitrogens is 14. The number of ether oxygens (including phenoxy) is 1. The third-order valence-electron chi connectivity index (χ3n) is 11.9. The molecule has 10 aromatic rings. The van der Waals surface area contributed by atoms with Crippen LogP contribution in [0.2, 0.25) is 0 Å². The van der Waals surface area contributed by atoms with Gasteiger partial charge in [-0.15, -0.1) is 0 Å². The zero-order chi connectivity index (χ0) is 46.0. The van der Waals surface area contributed by atoms with Gasteiger partial charge in [-0.2, -0.15) is 19.6 Å². The van der Waals surface area contributed by atoms with E-state index >= 15 is 0 Å². The largest absolute Gasteiger partial charge is 0.478 e. The lowest BCUT2D eigenvalue weighted by atomic mass is 9.87. The zero-order valence-corrected chi connectivity index (χ0v) is 38.3. The number of hydrogen-bond donors (Lipinski definition) is 5. The van der Waals surface area contributed by atoms with Gasteiger partial charge in [0.2, 0.25) is 5.65 Å². The number of rotatable bonds is 9. The molecule has 2 aliphatic rings. The predicted octanol–water partition coefficient (Wildman–Crippen LogP) is 7.52. The first-order chi connectivity index (χ1) is 32.7. The van der Waals surface area contributed by atoms with Crippen molar-refractivity contribution in [2.45, 2.75) is 63.8 Å². The fourth-order valence-electron chi connectivity index (χ4n) is 8.73. The number of nitrogens with one attached hydrogen (secondary N) is 3. The van der Waals surface area contributed by atoms with Crippen LogP contribution in [0.4, 0.5) is 28.1 Å². The Morgan fingerprint density at radius 2 is 1.46 bits per heavy atom. The van der Waals surface area contributed by atoms with E-state index in [1.165, 1.54) is 61.9 Å². The molecular weight excluding hydrogens is 869 g/mol. The summed E-state index contributed by atoms with van der Waals surface area (Å²) >= 11 is 1.45. The fraction of sp³-hybridized carbons (Fsp3) is 0.283. The maximum Gasteiger partial charge on any atom is 0.260 e. The van der Waals surface area contributed by atoms with E-state index in [9.17, 15) is 0 Å². The maximum absolute atomic E-state index is 8.65. The number of nitrogens with zero attached hydrogens (tertiary/aromatic N) is 14. The highest BCUT2D eigenvalue weighted by atomic mass is 32.1. The molecule has 0 spiro atoms. The quantitative estimate of drug-likeness (QED) is 0.0882. The van der Waals surface area contributed by atoms with Crippen molar-refractivity contribution >= 4 is 56.6 Å². The minimum Gasteiger partial charge on any atom is -0.478 e. The molecule has 9 aromatic heterocycles. The van der Waals surface area contributed by atoms with Crippen LogP contribution in [0, 0.1) is 6.92 Å². The second-order valence-corrected chi connectivity index (χ2v) is 17.5. The van der Waals surface area contributed by atoms with Crippen LogP contribution in [0.5, 0.6) is 5.88 Å². The minimum atomic E-state index is 0.233. The van der Waals surface area contributed by atoms with Crippen molar-refractivity contribution < 1.29 is 9.94 Å². The van der Waals surface area contributed by atoms with Crippen LogP contribution in [0.1, 0.15) is 60.5 Å². The Labute approximate surface area is 388 Å². The topological polar surface area (TPSA) is 231 Å². The van der Waals surface area contributed by atoms with Crippen molar-refractivity contribution in [3.8, 4) is 28.4 Å². The molecule has 0 radical (unpaired) electrons. The molecule has 0 saturated heterocycles. The second-order valence-electron chi connectivity index (χ2n) is 16.7. The highest BCUT2D eigenvalue weighted by molar-refractivity contribution is 7.10. The number of hydrogen-bond acceptors (Lipinski definition) is 16. The van der Waals surface area contributed by atoms with Gasteiger partial charge >= 0.3 is 0 Å². The molecule has 9 heterocycles. The summed E-state index contributed by atoms with van der Waals surface area (Å²) in [5, 5.41) is 25.1. The maximum atomic E-state index is 8.65. The van der Waals surface area contributed by atoms with E-state index in [-0.39, 0.29) is 6.04 Å². The van der Waals surface area contributed by atoms with Crippen LogP contribution >= 0.6 is 11.5 Å². The Morgan fingerprint density at radius 3 is 2.15 bits per heavy atom. The molecule has 1 aromatic carbocycles. The third-order valence-corrected chi connectivity index (χ3v) is 12.7. The van der Waals surface area contributed by atoms with Gasteiger partial charge in [-0.3, -0.25) is 33.3 Å². The van der Waals surface area contributed by atoms with Gasteiger partial charge in [0.1, 0.15) is 5.00 Å². The summed E-state index contributed by atoms with van der Waals surface area (Å²) in [5.74, 6) is 2.70. The summed E-state index contributed by atoms with van der Waals surface area (Å²) in [6.45, 7) is 2.00. The van der Waals surface area contributed by atoms with E-state index in [1.54, 1.807) is 33.9 Å². The number of aryl methyl sites for hydroxylation is 3. The normalized spacial score (nSPS) is 14.7. The summed E-state index contributed by atoms with van der Waals surface area (Å²) in [5.41, 5.74) is 20.1. The van der Waals surface area contributed by atoms with Gasteiger partial charge in [-0.1, -0.05) is 25.3 Å². The SMILES string of the molecule is COc1nc(NO)cn2ccnc12.Cc1cc(Nc2nc(C3CCCCC3)cn3c(-c4cnn(C)c4)cnc23)sn1.Cn1cc(-c2cnc3c(Nc4ccc5c(c4)CC(N)C5)nccn23)cn1. The van der Waals surface area contributed by atoms with E-state index in [4.69, 9.17) is 20.7 Å². The second kappa shape index (κ2) is 18.6. The Bertz CT molecular complexity index is 3320. The lowest BCUT2D eigenvalue weighted by Crippen LogP contribution is -2.18. The first kappa shape index (κ1) is 43.2. The molecule has 1 atom stereocenters. The Morgan fingerprint density at radius 1 is 0.746 bits per heavy atom. The van der Waals surface area contributed by atoms with E-state index < -0.39 is 0 Å². The fourth-order valence-corrected chi connectivity index (χ4v) is 9.39. The van der Waals surface area contributed by atoms with Crippen LogP contribution in [-0.2, 0) is 26.9 Å². The Kier molecular flexibility index (Phi) is 12.0. The van der Waals surface area contributed by atoms with Crippen LogP contribution in [0.3, 0.4) is 0 Å². The van der Waals surface area contributed by atoms with Crippen molar-refractivity contribution in [2.75, 3.05) is 23.2 Å². The Hall–Kier alpha value is -7.75. The average molecular weight is 919 g/mol. The Balaban J connectivity index is 0.000000125. The first-order valence-electron chi connectivity index (χ1n) is 22.0. The van der Waals surface area contributed by atoms with Crippen molar-refractivity contribution in [3.05, 3.63) is 121 Å². The van der Waals surface area contributed by atoms with E-state index in [1.807, 2.05) is 85.0 Å². The number of benzene rings is 1. The number of anilines is 5. The molecule has 0 amide bonds. The van der Waals surface area contributed by atoms with Gasteiger partial charge in [0.15, 0.2) is 28.7 Å². The molecule has 1 saturated carbocycles. The van der Waals surface area contributed by atoms with Gasteiger partial charge in [-0.05, 0) is 73.5 Å². The zero-order valence-electron chi connectivity index (χ0n) is 37.4.